The first-order valence-corrected chi connectivity index (χ1v) is 6.29. The zero-order valence-corrected chi connectivity index (χ0v) is 11.9. The lowest BCUT2D eigenvalue weighted by molar-refractivity contribution is 0.0459. The van der Waals surface area contributed by atoms with E-state index in [1.807, 2.05) is 45.0 Å². The highest BCUT2D eigenvalue weighted by Gasteiger charge is 2.21. The molecule has 2 aromatic rings. The van der Waals surface area contributed by atoms with Crippen LogP contribution in [0.25, 0.3) is 5.65 Å². The van der Waals surface area contributed by atoms with Crippen molar-refractivity contribution in [2.45, 2.75) is 19.4 Å². The summed E-state index contributed by atoms with van der Waals surface area (Å²) in [6, 6.07) is 3.96. The van der Waals surface area contributed by atoms with Gasteiger partial charge in [0, 0.05) is 13.1 Å². The van der Waals surface area contributed by atoms with Crippen molar-refractivity contribution in [2.24, 2.45) is 0 Å². The van der Waals surface area contributed by atoms with Crippen molar-refractivity contribution in [3.8, 4) is 0 Å². The predicted molar refractivity (Wildman–Crippen MR) is 75.4 cm³/mol. The van der Waals surface area contributed by atoms with E-state index in [-0.39, 0.29) is 0 Å². The minimum absolute atomic E-state index is 0.448. The van der Waals surface area contributed by atoms with Gasteiger partial charge in [-0.2, -0.15) is 9.61 Å². The third kappa shape index (κ3) is 3.42. The van der Waals surface area contributed by atoms with Crippen LogP contribution in [0.2, 0.25) is 0 Å². The number of pyridine rings is 1. The molecular weight excluding hydrogens is 242 g/mol. The van der Waals surface area contributed by atoms with Gasteiger partial charge in [0.2, 0.25) is 0 Å². The zero-order chi connectivity index (χ0) is 14.0. The first-order valence-electron chi connectivity index (χ1n) is 6.29. The first kappa shape index (κ1) is 13.8. The van der Waals surface area contributed by atoms with Gasteiger partial charge in [-0.25, -0.2) is 4.98 Å². The van der Waals surface area contributed by atoms with Gasteiger partial charge >= 0.3 is 0 Å². The van der Waals surface area contributed by atoms with E-state index >= 15 is 0 Å². The molecule has 0 radical (unpaired) electrons. The minimum Gasteiger partial charge on any atom is -0.387 e. The summed E-state index contributed by atoms with van der Waals surface area (Å²) in [4.78, 5) is 6.14. The number of anilines is 1. The number of aliphatic hydroxyl groups is 1. The van der Waals surface area contributed by atoms with Crippen LogP contribution in [0.4, 0.5) is 5.82 Å². The average Bonchev–Trinajstić information content (AvgIpc) is 2.71. The van der Waals surface area contributed by atoms with Crippen LogP contribution in [0, 0.1) is 6.92 Å². The second-order valence-electron chi connectivity index (χ2n) is 5.54. The molecule has 0 saturated heterocycles. The fourth-order valence-electron chi connectivity index (χ4n) is 2.20. The maximum atomic E-state index is 10.3. The minimum atomic E-state index is -0.805. The van der Waals surface area contributed by atoms with E-state index in [1.165, 1.54) is 6.33 Å². The number of nitrogens with zero attached hydrogens (tertiary/aromatic N) is 4. The van der Waals surface area contributed by atoms with Gasteiger partial charge < -0.3 is 15.3 Å². The molecule has 104 valence electrons. The van der Waals surface area contributed by atoms with Crippen LogP contribution in [-0.2, 0) is 0 Å². The van der Waals surface area contributed by atoms with Gasteiger partial charge in [0.1, 0.15) is 12.1 Å². The Morgan fingerprint density at radius 2 is 2.16 bits per heavy atom. The number of likely N-dealkylation sites (N-methyl/N-ethyl adjacent to an activating group) is 1. The molecule has 0 fully saturated rings. The molecule has 0 bridgehead atoms. The molecule has 1 atom stereocenters. The van der Waals surface area contributed by atoms with Crippen LogP contribution >= 0.6 is 0 Å². The predicted octanol–water partition coefficient (Wildman–Crippen LogP) is 0.762. The summed E-state index contributed by atoms with van der Waals surface area (Å²) < 4.78 is 1.73. The first-order chi connectivity index (χ1) is 8.87. The fraction of sp³-hybridized carbons (Fsp3) is 0.538. The molecule has 0 aliphatic heterocycles. The van der Waals surface area contributed by atoms with Gasteiger partial charge in [0.05, 0.1) is 5.60 Å². The Kier molecular flexibility index (Phi) is 3.73. The molecule has 2 rings (SSSR count). The summed E-state index contributed by atoms with van der Waals surface area (Å²) in [7, 11) is 3.88. The molecule has 0 spiro atoms. The van der Waals surface area contributed by atoms with Crippen molar-refractivity contribution in [3.63, 3.8) is 0 Å². The van der Waals surface area contributed by atoms with Gasteiger partial charge in [-0.3, -0.25) is 0 Å². The molecule has 0 aliphatic carbocycles. The third-order valence-corrected chi connectivity index (χ3v) is 2.83. The number of fused-ring (bicyclic) bond motifs is 1. The molecule has 0 aromatic carbocycles. The van der Waals surface area contributed by atoms with Gasteiger partial charge in [0.15, 0.2) is 5.65 Å². The van der Waals surface area contributed by atoms with E-state index in [1.54, 1.807) is 4.52 Å². The van der Waals surface area contributed by atoms with Crippen molar-refractivity contribution < 1.29 is 5.11 Å². The molecule has 19 heavy (non-hydrogen) atoms. The maximum absolute atomic E-state index is 10.3. The molecule has 1 unspecified atom stereocenters. The SMILES string of the molecule is Cc1cc(NCC(C)(O)CN(C)C)n2ncnc2c1. The lowest BCUT2D eigenvalue weighted by Crippen LogP contribution is -2.43. The second-order valence-corrected chi connectivity index (χ2v) is 5.54. The number of aryl methyl sites for hydroxylation is 1. The summed E-state index contributed by atoms with van der Waals surface area (Å²) in [6.07, 6.45) is 1.53. The number of nitrogens with one attached hydrogen (secondary N) is 1. The van der Waals surface area contributed by atoms with Crippen molar-refractivity contribution >= 4 is 11.5 Å². The Labute approximate surface area is 113 Å². The zero-order valence-electron chi connectivity index (χ0n) is 11.9. The summed E-state index contributed by atoms with van der Waals surface area (Å²) >= 11 is 0. The molecule has 0 amide bonds. The lowest BCUT2D eigenvalue weighted by atomic mass is 10.1. The smallest absolute Gasteiger partial charge is 0.157 e. The van der Waals surface area contributed by atoms with Crippen LogP contribution in [-0.4, -0.2) is 57.4 Å². The Balaban J connectivity index is 2.15. The summed E-state index contributed by atoms with van der Waals surface area (Å²) in [5.41, 5.74) is 1.10. The molecule has 0 saturated carbocycles. The van der Waals surface area contributed by atoms with Crippen LogP contribution in [0.5, 0.6) is 0 Å². The van der Waals surface area contributed by atoms with Crippen molar-refractivity contribution in [3.05, 3.63) is 24.0 Å². The number of hydrogen-bond donors (Lipinski definition) is 2. The normalized spacial score (nSPS) is 14.8. The highest BCUT2D eigenvalue weighted by molar-refractivity contribution is 5.51. The van der Waals surface area contributed by atoms with Gasteiger partial charge in [0.25, 0.3) is 0 Å². The van der Waals surface area contributed by atoms with Crippen LogP contribution < -0.4 is 5.32 Å². The standard InChI is InChI=1S/C13H21N5O/c1-10-5-11(18-12(6-10)15-9-16-18)14-7-13(2,19)8-17(3)4/h5-6,9,14,19H,7-8H2,1-4H3. The van der Waals surface area contributed by atoms with E-state index in [0.717, 1.165) is 17.0 Å². The topological polar surface area (TPSA) is 65.7 Å². The van der Waals surface area contributed by atoms with Crippen LogP contribution in [0.3, 0.4) is 0 Å². The molecule has 2 aromatic heterocycles. The number of rotatable bonds is 5. The lowest BCUT2D eigenvalue weighted by Gasteiger charge is -2.27. The van der Waals surface area contributed by atoms with Crippen molar-refractivity contribution in [1.29, 1.82) is 0 Å². The Morgan fingerprint density at radius 3 is 2.84 bits per heavy atom. The fourth-order valence-corrected chi connectivity index (χ4v) is 2.20. The molecule has 6 heteroatoms. The Morgan fingerprint density at radius 1 is 1.42 bits per heavy atom. The van der Waals surface area contributed by atoms with Crippen molar-refractivity contribution in [2.75, 3.05) is 32.5 Å². The van der Waals surface area contributed by atoms with Gasteiger partial charge in [-0.15, -0.1) is 0 Å². The number of hydrogen-bond acceptors (Lipinski definition) is 5. The summed E-state index contributed by atoms with van der Waals surface area (Å²) in [5, 5.41) is 17.7. The van der Waals surface area contributed by atoms with Gasteiger partial charge in [-0.05, 0) is 45.6 Å². The van der Waals surface area contributed by atoms with Crippen LogP contribution in [0.15, 0.2) is 18.5 Å². The monoisotopic (exact) mass is 263 g/mol. The van der Waals surface area contributed by atoms with Crippen LogP contribution in [0.1, 0.15) is 12.5 Å². The maximum Gasteiger partial charge on any atom is 0.157 e. The Hall–Kier alpha value is -1.66. The average molecular weight is 263 g/mol. The highest BCUT2D eigenvalue weighted by Crippen LogP contribution is 2.14. The van der Waals surface area contributed by atoms with E-state index in [4.69, 9.17) is 0 Å². The van der Waals surface area contributed by atoms with E-state index < -0.39 is 5.60 Å². The van der Waals surface area contributed by atoms with E-state index in [0.29, 0.717) is 13.1 Å². The largest absolute Gasteiger partial charge is 0.387 e. The molecule has 6 nitrogen and oxygen atoms in total. The number of aromatic nitrogens is 3. The van der Waals surface area contributed by atoms with E-state index in [9.17, 15) is 5.11 Å². The molecule has 2 heterocycles. The quantitative estimate of drug-likeness (QED) is 0.834. The molecular formula is C13H21N5O. The van der Waals surface area contributed by atoms with E-state index in [2.05, 4.69) is 15.4 Å². The molecule has 2 N–H and O–H groups in total. The Bertz CT molecular complexity index is 561. The molecule has 0 aliphatic rings. The summed E-state index contributed by atoms with van der Waals surface area (Å²) in [5.74, 6) is 0.839. The third-order valence-electron chi connectivity index (χ3n) is 2.83. The van der Waals surface area contributed by atoms with Gasteiger partial charge in [-0.1, -0.05) is 0 Å². The second kappa shape index (κ2) is 5.14. The van der Waals surface area contributed by atoms with Crippen molar-refractivity contribution in [1.82, 2.24) is 19.5 Å². The highest BCUT2D eigenvalue weighted by atomic mass is 16.3. The summed E-state index contributed by atoms with van der Waals surface area (Å²) in [6.45, 7) is 4.86.